The Morgan fingerprint density at radius 2 is 2.38 bits per heavy atom. The molecule has 2 heterocycles. The highest BCUT2D eigenvalue weighted by molar-refractivity contribution is 5.94. The predicted octanol–water partition coefficient (Wildman–Crippen LogP) is 0.846. The van der Waals surface area contributed by atoms with Gasteiger partial charge in [-0.3, -0.25) is 10.0 Å². The molecule has 0 unspecified atom stereocenters. The summed E-state index contributed by atoms with van der Waals surface area (Å²) >= 11 is 0. The maximum absolute atomic E-state index is 11.4. The quantitative estimate of drug-likeness (QED) is 0.546. The van der Waals surface area contributed by atoms with Crippen LogP contribution in [0.1, 0.15) is 29.9 Å². The van der Waals surface area contributed by atoms with Gasteiger partial charge >= 0.3 is 0 Å². The van der Waals surface area contributed by atoms with E-state index in [4.69, 9.17) is 14.7 Å². The van der Waals surface area contributed by atoms with Crippen molar-refractivity contribution in [3.63, 3.8) is 0 Å². The first-order valence-corrected chi connectivity index (χ1v) is 4.79. The van der Waals surface area contributed by atoms with Crippen LogP contribution < -0.4 is 10.2 Å². The number of nitrogens with zero attached hydrogens (tertiary/aromatic N) is 1. The molecule has 0 saturated heterocycles. The average Bonchev–Trinajstić information content (AvgIpc) is 2.26. The molecule has 86 valence electrons. The summed E-state index contributed by atoms with van der Waals surface area (Å²) in [6.07, 6.45) is 1.47. The summed E-state index contributed by atoms with van der Waals surface area (Å²) in [5.41, 5.74) is 2.32. The molecule has 0 radical (unpaired) electrons. The van der Waals surface area contributed by atoms with Crippen molar-refractivity contribution in [2.75, 3.05) is 0 Å². The number of hydroxylamine groups is 1. The second kappa shape index (κ2) is 3.73. The molecular formula is C10H12N2O4. The molecule has 6 nitrogen and oxygen atoms in total. The number of carbonyl (C=O) groups is 1. The Morgan fingerprint density at radius 3 is 3.06 bits per heavy atom. The highest BCUT2D eigenvalue weighted by Gasteiger charge is 2.31. The zero-order valence-corrected chi connectivity index (χ0v) is 8.98. The SMILES string of the molecule is CC1(C)OCc2ccnc(C(=O)NO)c2O1. The second-order valence-electron chi connectivity index (χ2n) is 3.88. The summed E-state index contributed by atoms with van der Waals surface area (Å²) in [4.78, 5) is 15.2. The number of amides is 1. The van der Waals surface area contributed by atoms with Gasteiger partial charge in [-0.15, -0.1) is 0 Å². The first kappa shape index (κ1) is 10.8. The van der Waals surface area contributed by atoms with E-state index < -0.39 is 11.7 Å². The van der Waals surface area contributed by atoms with Crippen molar-refractivity contribution in [2.24, 2.45) is 0 Å². The van der Waals surface area contributed by atoms with Crippen molar-refractivity contribution in [3.05, 3.63) is 23.5 Å². The lowest BCUT2D eigenvalue weighted by atomic mass is 10.1. The van der Waals surface area contributed by atoms with Gasteiger partial charge in [-0.05, 0) is 6.07 Å². The number of ether oxygens (including phenoxy) is 2. The molecule has 16 heavy (non-hydrogen) atoms. The summed E-state index contributed by atoms with van der Waals surface area (Å²) in [7, 11) is 0. The minimum absolute atomic E-state index is 0.0522. The maximum atomic E-state index is 11.4. The Balaban J connectivity index is 2.46. The molecule has 1 aliphatic rings. The molecule has 1 aromatic rings. The molecule has 0 atom stereocenters. The fourth-order valence-corrected chi connectivity index (χ4v) is 1.46. The van der Waals surface area contributed by atoms with Crippen molar-refractivity contribution in [2.45, 2.75) is 26.2 Å². The average molecular weight is 224 g/mol. The summed E-state index contributed by atoms with van der Waals surface area (Å²) < 4.78 is 10.9. The second-order valence-corrected chi connectivity index (χ2v) is 3.88. The van der Waals surface area contributed by atoms with Gasteiger partial charge in [-0.25, -0.2) is 10.5 Å². The van der Waals surface area contributed by atoms with E-state index in [1.807, 2.05) is 0 Å². The van der Waals surface area contributed by atoms with Gasteiger partial charge in [-0.2, -0.15) is 0 Å². The number of fused-ring (bicyclic) bond motifs is 1. The van der Waals surface area contributed by atoms with E-state index in [9.17, 15) is 4.79 Å². The number of hydrogen-bond donors (Lipinski definition) is 2. The standard InChI is InChI=1S/C10H12N2O4/c1-10(2)15-5-6-3-4-11-7(8(6)16-10)9(13)12-14/h3-4,14H,5H2,1-2H3,(H,12,13). The number of carbonyl (C=O) groups excluding carboxylic acids is 1. The van der Waals surface area contributed by atoms with Crippen LogP contribution in [-0.4, -0.2) is 21.9 Å². The Bertz CT molecular complexity index is 431. The number of nitrogens with one attached hydrogen (secondary N) is 1. The van der Waals surface area contributed by atoms with Crippen molar-refractivity contribution in [1.29, 1.82) is 0 Å². The van der Waals surface area contributed by atoms with E-state index in [1.165, 1.54) is 11.7 Å². The highest BCUT2D eigenvalue weighted by Crippen LogP contribution is 2.32. The van der Waals surface area contributed by atoms with Crippen LogP contribution in [0.4, 0.5) is 0 Å². The Morgan fingerprint density at radius 1 is 1.62 bits per heavy atom. The van der Waals surface area contributed by atoms with E-state index in [0.29, 0.717) is 12.4 Å². The lowest BCUT2D eigenvalue weighted by Crippen LogP contribution is -2.37. The van der Waals surface area contributed by atoms with E-state index in [1.54, 1.807) is 19.9 Å². The zero-order valence-electron chi connectivity index (χ0n) is 8.98. The van der Waals surface area contributed by atoms with E-state index in [0.717, 1.165) is 5.56 Å². The fourth-order valence-electron chi connectivity index (χ4n) is 1.46. The summed E-state index contributed by atoms with van der Waals surface area (Å²) in [6, 6.07) is 1.71. The number of pyridine rings is 1. The molecule has 0 aromatic carbocycles. The molecule has 0 aliphatic carbocycles. The van der Waals surface area contributed by atoms with Gasteiger partial charge in [0.05, 0.1) is 6.61 Å². The Labute approximate surface area is 92.2 Å². The third-order valence-corrected chi connectivity index (χ3v) is 2.23. The largest absolute Gasteiger partial charge is 0.460 e. The van der Waals surface area contributed by atoms with Gasteiger partial charge < -0.3 is 9.47 Å². The summed E-state index contributed by atoms with van der Waals surface area (Å²) in [5, 5.41) is 8.59. The molecule has 2 N–H and O–H groups in total. The van der Waals surface area contributed by atoms with Crippen LogP contribution in [0.25, 0.3) is 0 Å². The lowest BCUT2D eigenvalue weighted by molar-refractivity contribution is -0.180. The van der Waals surface area contributed by atoms with Crippen molar-refractivity contribution in [3.8, 4) is 5.75 Å². The van der Waals surface area contributed by atoms with Crippen molar-refractivity contribution >= 4 is 5.91 Å². The van der Waals surface area contributed by atoms with Gasteiger partial charge in [0.25, 0.3) is 5.91 Å². The van der Waals surface area contributed by atoms with Gasteiger partial charge in [0.1, 0.15) is 0 Å². The number of hydrogen-bond acceptors (Lipinski definition) is 5. The van der Waals surface area contributed by atoms with Crippen molar-refractivity contribution in [1.82, 2.24) is 10.5 Å². The molecule has 0 bridgehead atoms. The van der Waals surface area contributed by atoms with Crippen molar-refractivity contribution < 1.29 is 19.5 Å². The molecule has 2 rings (SSSR count). The van der Waals surface area contributed by atoms with Crippen LogP contribution in [0.5, 0.6) is 5.75 Å². The molecular weight excluding hydrogens is 212 g/mol. The molecule has 6 heteroatoms. The summed E-state index contributed by atoms with van der Waals surface area (Å²) in [5.74, 6) is -1.15. The van der Waals surface area contributed by atoms with E-state index in [2.05, 4.69) is 4.98 Å². The molecule has 0 fully saturated rings. The van der Waals surface area contributed by atoms with Gasteiger partial charge in [0.15, 0.2) is 11.4 Å². The maximum Gasteiger partial charge on any atom is 0.297 e. The third kappa shape index (κ3) is 1.84. The van der Waals surface area contributed by atoms with Gasteiger partial charge in [0.2, 0.25) is 5.79 Å². The van der Waals surface area contributed by atoms with Crippen LogP contribution in [-0.2, 0) is 11.3 Å². The molecule has 1 aromatic heterocycles. The predicted molar refractivity (Wildman–Crippen MR) is 53.0 cm³/mol. The molecule has 0 spiro atoms. The van der Waals surface area contributed by atoms with Gasteiger partial charge in [0, 0.05) is 25.6 Å². The van der Waals surface area contributed by atoms with Crippen LogP contribution in [0.3, 0.4) is 0 Å². The summed E-state index contributed by atoms with van der Waals surface area (Å²) in [6.45, 7) is 3.82. The first-order valence-electron chi connectivity index (χ1n) is 4.79. The molecule has 1 aliphatic heterocycles. The monoisotopic (exact) mass is 224 g/mol. The topological polar surface area (TPSA) is 80.7 Å². The smallest absolute Gasteiger partial charge is 0.297 e. The first-order chi connectivity index (χ1) is 7.53. The number of rotatable bonds is 1. The molecule has 1 amide bonds. The Kier molecular flexibility index (Phi) is 2.53. The minimum Gasteiger partial charge on any atom is -0.460 e. The lowest BCUT2D eigenvalue weighted by Gasteiger charge is -2.32. The number of aromatic nitrogens is 1. The Hall–Kier alpha value is -1.66. The molecule has 0 saturated carbocycles. The van der Waals surface area contributed by atoms with Crippen LogP contribution in [0, 0.1) is 0 Å². The third-order valence-electron chi connectivity index (χ3n) is 2.23. The van der Waals surface area contributed by atoms with Gasteiger partial charge in [-0.1, -0.05) is 0 Å². The fraction of sp³-hybridized carbons (Fsp3) is 0.400. The van der Waals surface area contributed by atoms with E-state index in [-0.39, 0.29) is 5.69 Å². The minimum atomic E-state index is -0.805. The normalized spacial score (nSPS) is 17.2. The van der Waals surface area contributed by atoms with E-state index >= 15 is 0 Å². The van der Waals surface area contributed by atoms with Crippen LogP contribution >= 0.6 is 0 Å². The highest BCUT2D eigenvalue weighted by atomic mass is 16.7. The zero-order chi connectivity index (χ0) is 11.8. The van der Waals surface area contributed by atoms with Crippen LogP contribution in [0.15, 0.2) is 12.3 Å². The van der Waals surface area contributed by atoms with Crippen LogP contribution in [0.2, 0.25) is 0 Å².